The molecule has 1 aliphatic carbocycles. The van der Waals surface area contributed by atoms with Crippen LogP contribution in [0, 0.1) is 5.92 Å². The van der Waals surface area contributed by atoms with Crippen LogP contribution in [0.2, 0.25) is 0 Å². The van der Waals surface area contributed by atoms with Crippen molar-refractivity contribution in [1.82, 2.24) is 4.72 Å². The summed E-state index contributed by atoms with van der Waals surface area (Å²) in [7, 11) is -3.31. The van der Waals surface area contributed by atoms with Gasteiger partial charge in [0.15, 0.2) is 0 Å². The van der Waals surface area contributed by atoms with Crippen molar-refractivity contribution in [2.45, 2.75) is 38.1 Å². The van der Waals surface area contributed by atoms with Crippen LogP contribution in [0.1, 0.15) is 32.1 Å². The Balaban J connectivity index is 2.51. The van der Waals surface area contributed by atoms with E-state index in [9.17, 15) is 13.2 Å². The topological polar surface area (TPSA) is 83.5 Å². The van der Waals surface area contributed by atoms with Gasteiger partial charge in [0.1, 0.15) is 0 Å². The highest BCUT2D eigenvalue weighted by atomic mass is 32.2. The second-order valence-electron chi connectivity index (χ2n) is 4.41. The summed E-state index contributed by atoms with van der Waals surface area (Å²) in [6.07, 6.45) is 4.47. The number of hydrogen-bond acceptors (Lipinski definition) is 3. The fourth-order valence-corrected chi connectivity index (χ4v) is 3.39. The molecule has 2 atom stereocenters. The maximum absolute atomic E-state index is 11.6. The second-order valence-corrected chi connectivity index (χ2v) is 6.29. The molecule has 0 aliphatic heterocycles. The zero-order valence-corrected chi connectivity index (χ0v) is 10.6. The van der Waals surface area contributed by atoms with Gasteiger partial charge in [-0.05, 0) is 25.7 Å². The molecule has 0 bridgehead atoms. The largest absolute Gasteiger partial charge is 0.481 e. The SMILES string of the molecule is C=CCCS(=O)(=O)N[C@H]1CCC[C@@H](C(=O)O)C1. The molecule has 0 unspecified atom stereocenters. The Morgan fingerprint density at radius 3 is 2.76 bits per heavy atom. The maximum atomic E-state index is 11.6. The maximum Gasteiger partial charge on any atom is 0.306 e. The number of allylic oxidation sites excluding steroid dienone is 1. The fraction of sp³-hybridized carbons (Fsp3) is 0.727. The number of carboxylic acids is 1. The summed E-state index contributed by atoms with van der Waals surface area (Å²) in [4.78, 5) is 10.8. The highest BCUT2D eigenvalue weighted by Crippen LogP contribution is 2.24. The first-order valence-electron chi connectivity index (χ1n) is 5.78. The van der Waals surface area contributed by atoms with Gasteiger partial charge in [-0.15, -0.1) is 6.58 Å². The van der Waals surface area contributed by atoms with Crippen molar-refractivity contribution in [2.75, 3.05) is 5.75 Å². The molecule has 1 saturated carbocycles. The minimum Gasteiger partial charge on any atom is -0.481 e. The zero-order valence-electron chi connectivity index (χ0n) is 9.76. The molecule has 17 heavy (non-hydrogen) atoms. The van der Waals surface area contributed by atoms with E-state index in [2.05, 4.69) is 11.3 Å². The number of rotatable bonds is 6. The van der Waals surface area contributed by atoms with Crippen LogP contribution in [-0.2, 0) is 14.8 Å². The van der Waals surface area contributed by atoms with Crippen LogP contribution in [0.3, 0.4) is 0 Å². The molecular weight excluding hydrogens is 242 g/mol. The van der Waals surface area contributed by atoms with Crippen LogP contribution in [-0.4, -0.2) is 31.3 Å². The molecule has 0 aromatic heterocycles. The number of aliphatic carboxylic acids is 1. The first-order chi connectivity index (χ1) is 7.94. The van der Waals surface area contributed by atoms with E-state index < -0.39 is 21.9 Å². The lowest BCUT2D eigenvalue weighted by atomic mass is 9.86. The molecule has 98 valence electrons. The van der Waals surface area contributed by atoms with E-state index >= 15 is 0 Å². The van der Waals surface area contributed by atoms with Gasteiger partial charge in [-0.25, -0.2) is 13.1 Å². The van der Waals surface area contributed by atoms with Gasteiger partial charge in [0.25, 0.3) is 0 Å². The molecule has 1 fully saturated rings. The third-order valence-corrected chi connectivity index (χ3v) is 4.43. The summed E-state index contributed by atoms with van der Waals surface area (Å²) in [6, 6.07) is -0.236. The van der Waals surface area contributed by atoms with Gasteiger partial charge in [-0.1, -0.05) is 12.5 Å². The molecule has 0 aromatic rings. The number of hydrogen-bond donors (Lipinski definition) is 2. The monoisotopic (exact) mass is 261 g/mol. The second kappa shape index (κ2) is 6.16. The van der Waals surface area contributed by atoms with E-state index in [1.165, 1.54) is 0 Å². The first-order valence-corrected chi connectivity index (χ1v) is 7.43. The van der Waals surface area contributed by atoms with Crippen molar-refractivity contribution >= 4 is 16.0 Å². The third-order valence-electron chi connectivity index (χ3n) is 2.96. The molecule has 0 saturated heterocycles. The highest BCUT2D eigenvalue weighted by molar-refractivity contribution is 7.89. The van der Waals surface area contributed by atoms with E-state index in [0.29, 0.717) is 19.3 Å². The van der Waals surface area contributed by atoms with Gasteiger partial charge in [0.05, 0.1) is 11.7 Å². The zero-order chi connectivity index (χ0) is 12.9. The Labute approximate surface area is 102 Å². The molecular formula is C11H19NO4S. The molecule has 1 aliphatic rings. The summed E-state index contributed by atoms with van der Waals surface area (Å²) in [6.45, 7) is 3.48. The number of nitrogens with one attached hydrogen (secondary N) is 1. The molecule has 0 radical (unpaired) electrons. The van der Waals surface area contributed by atoms with Crippen LogP contribution in [0.15, 0.2) is 12.7 Å². The van der Waals surface area contributed by atoms with Crippen LogP contribution < -0.4 is 4.72 Å². The van der Waals surface area contributed by atoms with Crippen molar-refractivity contribution in [3.05, 3.63) is 12.7 Å². The van der Waals surface area contributed by atoms with Gasteiger partial charge < -0.3 is 5.11 Å². The van der Waals surface area contributed by atoms with E-state index in [-0.39, 0.29) is 11.8 Å². The van der Waals surface area contributed by atoms with Crippen LogP contribution in [0.4, 0.5) is 0 Å². The molecule has 0 aromatic carbocycles. The summed E-state index contributed by atoms with van der Waals surface area (Å²) in [5.74, 6) is -1.24. The van der Waals surface area contributed by atoms with Crippen molar-refractivity contribution in [3.8, 4) is 0 Å². The van der Waals surface area contributed by atoms with Gasteiger partial charge in [0, 0.05) is 6.04 Å². The van der Waals surface area contributed by atoms with Gasteiger partial charge in [-0.3, -0.25) is 4.79 Å². The summed E-state index contributed by atoms with van der Waals surface area (Å²) in [5.41, 5.74) is 0. The summed E-state index contributed by atoms with van der Waals surface area (Å²) >= 11 is 0. The Morgan fingerprint density at radius 1 is 1.47 bits per heavy atom. The highest BCUT2D eigenvalue weighted by Gasteiger charge is 2.29. The lowest BCUT2D eigenvalue weighted by molar-refractivity contribution is -0.143. The number of carbonyl (C=O) groups is 1. The van der Waals surface area contributed by atoms with Crippen molar-refractivity contribution in [3.63, 3.8) is 0 Å². The van der Waals surface area contributed by atoms with E-state index in [4.69, 9.17) is 5.11 Å². The standard InChI is InChI=1S/C11H19NO4S/c1-2-3-7-17(15,16)12-10-6-4-5-9(8-10)11(13)14/h2,9-10,12H,1,3-8H2,(H,13,14)/t9-,10+/m1/s1. The van der Waals surface area contributed by atoms with Gasteiger partial charge in [-0.2, -0.15) is 0 Å². The number of carboxylic acid groups (broad SMARTS) is 1. The summed E-state index contributed by atoms with van der Waals surface area (Å²) < 4.78 is 25.8. The lowest BCUT2D eigenvalue weighted by Crippen LogP contribution is -2.40. The quantitative estimate of drug-likeness (QED) is 0.702. The number of sulfonamides is 1. The van der Waals surface area contributed by atoms with Crippen LogP contribution >= 0.6 is 0 Å². The predicted octanol–water partition coefficient (Wildman–Crippen LogP) is 1.13. The molecule has 6 heteroatoms. The predicted molar refractivity (Wildman–Crippen MR) is 65.1 cm³/mol. The average Bonchev–Trinajstić information content (AvgIpc) is 2.26. The molecule has 2 N–H and O–H groups in total. The van der Waals surface area contributed by atoms with Gasteiger partial charge in [0.2, 0.25) is 10.0 Å². The van der Waals surface area contributed by atoms with E-state index in [1.54, 1.807) is 6.08 Å². The smallest absolute Gasteiger partial charge is 0.306 e. The average molecular weight is 261 g/mol. The third kappa shape index (κ3) is 4.87. The Bertz CT molecular complexity index is 377. The fourth-order valence-electron chi connectivity index (χ4n) is 2.07. The lowest BCUT2D eigenvalue weighted by Gasteiger charge is -2.27. The Hall–Kier alpha value is -0.880. The van der Waals surface area contributed by atoms with Gasteiger partial charge >= 0.3 is 5.97 Å². The molecule has 0 spiro atoms. The molecule has 1 rings (SSSR count). The molecule has 0 amide bonds. The Morgan fingerprint density at radius 2 is 2.18 bits per heavy atom. The van der Waals surface area contributed by atoms with E-state index in [0.717, 1.165) is 12.8 Å². The van der Waals surface area contributed by atoms with Crippen molar-refractivity contribution < 1.29 is 18.3 Å². The van der Waals surface area contributed by atoms with Crippen LogP contribution in [0.5, 0.6) is 0 Å². The first kappa shape index (κ1) is 14.2. The van der Waals surface area contributed by atoms with Crippen molar-refractivity contribution in [1.29, 1.82) is 0 Å². The minimum atomic E-state index is -3.31. The van der Waals surface area contributed by atoms with E-state index in [1.807, 2.05) is 0 Å². The van der Waals surface area contributed by atoms with Crippen LogP contribution in [0.25, 0.3) is 0 Å². The Kier molecular flexibility index (Phi) is 5.14. The normalized spacial score (nSPS) is 25.4. The molecule has 0 heterocycles. The minimum absolute atomic E-state index is 0.0186. The molecule has 5 nitrogen and oxygen atoms in total. The van der Waals surface area contributed by atoms with Crippen molar-refractivity contribution in [2.24, 2.45) is 5.92 Å². The summed E-state index contributed by atoms with van der Waals surface area (Å²) in [5, 5.41) is 8.91.